The van der Waals surface area contributed by atoms with Crippen molar-refractivity contribution in [2.24, 2.45) is 0 Å². The SMILES string of the molecule is CC(=O)N1CCCc2ccccc2C1=O. The minimum atomic E-state index is -0.170. The molecule has 15 heavy (non-hydrogen) atoms. The number of imide groups is 1. The third-order valence-electron chi connectivity index (χ3n) is 2.70. The Hall–Kier alpha value is -1.64. The molecule has 0 bridgehead atoms. The maximum Gasteiger partial charge on any atom is 0.260 e. The highest BCUT2D eigenvalue weighted by molar-refractivity contribution is 6.05. The fourth-order valence-electron chi connectivity index (χ4n) is 1.92. The first-order chi connectivity index (χ1) is 7.20. The van der Waals surface area contributed by atoms with Crippen LogP contribution >= 0.6 is 0 Å². The Balaban J connectivity index is 2.43. The average molecular weight is 203 g/mol. The van der Waals surface area contributed by atoms with E-state index < -0.39 is 0 Å². The summed E-state index contributed by atoms with van der Waals surface area (Å²) in [6, 6.07) is 7.51. The van der Waals surface area contributed by atoms with Gasteiger partial charge in [-0.15, -0.1) is 0 Å². The number of hydrogen-bond donors (Lipinski definition) is 0. The number of aryl methyl sites for hydroxylation is 1. The van der Waals surface area contributed by atoms with Crippen molar-refractivity contribution in [3.05, 3.63) is 35.4 Å². The first-order valence-electron chi connectivity index (χ1n) is 5.10. The molecule has 0 radical (unpaired) electrons. The molecular formula is C12H13NO2. The molecule has 0 aromatic heterocycles. The normalized spacial score (nSPS) is 15.8. The van der Waals surface area contributed by atoms with Gasteiger partial charge in [-0.25, -0.2) is 0 Å². The molecule has 0 atom stereocenters. The fourth-order valence-corrected chi connectivity index (χ4v) is 1.92. The van der Waals surface area contributed by atoms with Crippen LogP contribution in [0.4, 0.5) is 0 Å². The van der Waals surface area contributed by atoms with Gasteiger partial charge in [0, 0.05) is 19.0 Å². The number of benzene rings is 1. The van der Waals surface area contributed by atoms with Gasteiger partial charge in [-0.05, 0) is 24.5 Å². The molecule has 0 N–H and O–H groups in total. The van der Waals surface area contributed by atoms with Crippen molar-refractivity contribution >= 4 is 11.8 Å². The predicted octanol–water partition coefficient (Wildman–Crippen LogP) is 1.62. The predicted molar refractivity (Wildman–Crippen MR) is 56.5 cm³/mol. The van der Waals surface area contributed by atoms with Crippen molar-refractivity contribution < 1.29 is 9.59 Å². The second-order valence-corrected chi connectivity index (χ2v) is 3.74. The van der Waals surface area contributed by atoms with Crippen LogP contribution in [0, 0.1) is 0 Å². The van der Waals surface area contributed by atoms with Crippen LogP contribution in [0.1, 0.15) is 29.3 Å². The molecule has 1 aliphatic heterocycles. The quantitative estimate of drug-likeness (QED) is 0.642. The molecule has 1 aromatic rings. The molecule has 3 heteroatoms. The van der Waals surface area contributed by atoms with Gasteiger partial charge in [0.15, 0.2) is 0 Å². The van der Waals surface area contributed by atoms with Gasteiger partial charge >= 0.3 is 0 Å². The average Bonchev–Trinajstić information content (AvgIpc) is 2.39. The summed E-state index contributed by atoms with van der Waals surface area (Å²) < 4.78 is 0. The molecule has 0 saturated carbocycles. The zero-order chi connectivity index (χ0) is 10.8. The lowest BCUT2D eigenvalue weighted by Crippen LogP contribution is -2.34. The first kappa shape index (κ1) is 9.90. The third kappa shape index (κ3) is 1.77. The Kier molecular flexibility index (Phi) is 2.54. The van der Waals surface area contributed by atoms with Crippen LogP contribution in [0.5, 0.6) is 0 Å². The number of hydrogen-bond acceptors (Lipinski definition) is 2. The highest BCUT2D eigenvalue weighted by Gasteiger charge is 2.24. The van der Waals surface area contributed by atoms with Crippen LogP contribution in [0.15, 0.2) is 24.3 Å². The van der Waals surface area contributed by atoms with Gasteiger partial charge < -0.3 is 0 Å². The summed E-state index contributed by atoms with van der Waals surface area (Å²) in [4.78, 5) is 24.6. The van der Waals surface area contributed by atoms with Gasteiger partial charge in [0.05, 0.1) is 0 Å². The van der Waals surface area contributed by atoms with Gasteiger partial charge in [-0.2, -0.15) is 0 Å². The van der Waals surface area contributed by atoms with Crippen LogP contribution < -0.4 is 0 Å². The van der Waals surface area contributed by atoms with Crippen molar-refractivity contribution in [2.75, 3.05) is 6.54 Å². The smallest absolute Gasteiger partial charge is 0.260 e. The molecule has 0 aliphatic carbocycles. The van der Waals surface area contributed by atoms with Crippen LogP contribution in [0.25, 0.3) is 0 Å². The monoisotopic (exact) mass is 203 g/mol. The summed E-state index contributed by atoms with van der Waals surface area (Å²) >= 11 is 0. The number of amides is 2. The summed E-state index contributed by atoms with van der Waals surface area (Å²) in [5, 5.41) is 0. The standard InChI is InChI=1S/C12H13NO2/c1-9(14)13-8-4-6-10-5-2-3-7-11(10)12(13)15/h2-3,5,7H,4,6,8H2,1H3. The van der Waals surface area contributed by atoms with Gasteiger partial charge in [0.2, 0.25) is 5.91 Å². The molecule has 1 aromatic carbocycles. The highest BCUT2D eigenvalue weighted by atomic mass is 16.2. The number of rotatable bonds is 0. The molecule has 0 fully saturated rings. The van der Waals surface area contributed by atoms with Crippen molar-refractivity contribution in [1.29, 1.82) is 0 Å². The zero-order valence-electron chi connectivity index (χ0n) is 8.69. The van der Waals surface area contributed by atoms with Gasteiger partial charge in [-0.1, -0.05) is 18.2 Å². The van der Waals surface area contributed by atoms with E-state index in [1.54, 1.807) is 6.07 Å². The second-order valence-electron chi connectivity index (χ2n) is 3.74. The Morgan fingerprint density at radius 2 is 2.07 bits per heavy atom. The summed E-state index contributed by atoms with van der Waals surface area (Å²) in [6.07, 6.45) is 1.72. The lowest BCUT2D eigenvalue weighted by molar-refractivity contribution is -0.126. The molecule has 0 saturated heterocycles. The van der Waals surface area contributed by atoms with E-state index in [-0.39, 0.29) is 11.8 Å². The molecule has 2 amide bonds. The Morgan fingerprint density at radius 3 is 2.80 bits per heavy atom. The zero-order valence-corrected chi connectivity index (χ0v) is 8.69. The third-order valence-corrected chi connectivity index (χ3v) is 2.70. The lowest BCUT2D eigenvalue weighted by atomic mass is 10.0. The van der Waals surface area contributed by atoms with Gasteiger partial charge in [0.1, 0.15) is 0 Å². The molecule has 0 spiro atoms. The summed E-state index contributed by atoms with van der Waals surface area (Å²) in [6.45, 7) is 1.97. The van der Waals surface area contributed by atoms with E-state index in [0.29, 0.717) is 12.1 Å². The molecular weight excluding hydrogens is 190 g/mol. The van der Waals surface area contributed by atoms with E-state index in [4.69, 9.17) is 0 Å². The van der Waals surface area contributed by atoms with Crippen molar-refractivity contribution in [2.45, 2.75) is 19.8 Å². The fraction of sp³-hybridized carbons (Fsp3) is 0.333. The number of carbonyl (C=O) groups is 2. The van der Waals surface area contributed by atoms with Crippen molar-refractivity contribution in [3.63, 3.8) is 0 Å². The van der Waals surface area contributed by atoms with Crippen LogP contribution in [-0.2, 0) is 11.2 Å². The van der Waals surface area contributed by atoms with E-state index in [0.717, 1.165) is 18.4 Å². The highest BCUT2D eigenvalue weighted by Crippen LogP contribution is 2.18. The van der Waals surface area contributed by atoms with E-state index in [9.17, 15) is 9.59 Å². The number of fused-ring (bicyclic) bond motifs is 1. The maximum absolute atomic E-state index is 12.0. The topological polar surface area (TPSA) is 37.4 Å². The molecule has 1 heterocycles. The van der Waals surface area contributed by atoms with Crippen LogP contribution in [0.2, 0.25) is 0 Å². The Labute approximate surface area is 88.7 Å². The summed E-state index contributed by atoms with van der Waals surface area (Å²) in [5.74, 6) is -0.327. The first-order valence-corrected chi connectivity index (χ1v) is 5.10. The van der Waals surface area contributed by atoms with E-state index in [1.165, 1.54) is 11.8 Å². The van der Waals surface area contributed by atoms with Gasteiger partial charge in [0.25, 0.3) is 5.91 Å². The summed E-state index contributed by atoms with van der Waals surface area (Å²) in [5.41, 5.74) is 1.72. The molecule has 1 aliphatic rings. The second kappa shape index (κ2) is 3.85. The van der Waals surface area contributed by atoms with Crippen molar-refractivity contribution in [3.8, 4) is 0 Å². The largest absolute Gasteiger partial charge is 0.279 e. The molecule has 3 nitrogen and oxygen atoms in total. The Morgan fingerprint density at radius 1 is 1.33 bits per heavy atom. The molecule has 0 unspecified atom stereocenters. The number of carbonyl (C=O) groups excluding carboxylic acids is 2. The minimum Gasteiger partial charge on any atom is -0.279 e. The molecule has 78 valence electrons. The lowest BCUT2D eigenvalue weighted by Gasteiger charge is -2.16. The minimum absolute atomic E-state index is 0.157. The molecule has 2 rings (SSSR count). The van der Waals surface area contributed by atoms with Crippen molar-refractivity contribution in [1.82, 2.24) is 4.90 Å². The maximum atomic E-state index is 12.0. The van der Waals surface area contributed by atoms with E-state index >= 15 is 0 Å². The van der Waals surface area contributed by atoms with E-state index in [1.807, 2.05) is 18.2 Å². The van der Waals surface area contributed by atoms with Crippen LogP contribution in [-0.4, -0.2) is 23.3 Å². The van der Waals surface area contributed by atoms with Gasteiger partial charge in [-0.3, -0.25) is 14.5 Å². The Bertz CT molecular complexity index is 412. The van der Waals surface area contributed by atoms with Crippen LogP contribution in [0.3, 0.4) is 0 Å². The summed E-state index contributed by atoms with van der Waals surface area (Å²) in [7, 11) is 0. The van der Waals surface area contributed by atoms with E-state index in [2.05, 4.69) is 0 Å². The number of nitrogens with zero attached hydrogens (tertiary/aromatic N) is 1.